The lowest BCUT2D eigenvalue weighted by atomic mass is 9.68. The molecule has 0 aliphatic heterocycles. The zero-order valence-corrected chi connectivity index (χ0v) is 19.3. The Hall–Kier alpha value is -3.54. The van der Waals surface area contributed by atoms with Gasteiger partial charge in [0.1, 0.15) is 30.0 Å². The fourth-order valence-electron chi connectivity index (χ4n) is 4.89. The number of fused-ring (bicyclic) bond motifs is 1. The van der Waals surface area contributed by atoms with Gasteiger partial charge in [0.15, 0.2) is 0 Å². The second-order valence-corrected chi connectivity index (χ2v) is 8.69. The number of hydrogen-bond donors (Lipinski definition) is 1. The Bertz CT molecular complexity index is 1120. The maximum Gasteiger partial charge on any atom is 0.118 e. The SMILES string of the molecule is CO/N=C(/c1n[nH]c2c1C=CC(c1ccc(OC)cc1)(c1ccc(OC)cc1)C2)C1CCC1. The Morgan fingerprint density at radius 3 is 2.03 bits per heavy atom. The molecule has 0 atom stereocenters. The van der Waals surface area contributed by atoms with Crippen LogP contribution in [0, 0.1) is 5.92 Å². The van der Waals surface area contributed by atoms with Gasteiger partial charge in [-0.3, -0.25) is 5.10 Å². The molecule has 33 heavy (non-hydrogen) atoms. The van der Waals surface area contributed by atoms with Crippen LogP contribution in [-0.2, 0) is 16.7 Å². The van der Waals surface area contributed by atoms with Crippen molar-refractivity contribution in [1.29, 1.82) is 0 Å². The average molecular weight is 444 g/mol. The predicted octanol–water partition coefficient (Wildman–Crippen LogP) is 5.13. The Kier molecular flexibility index (Phi) is 5.67. The summed E-state index contributed by atoms with van der Waals surface area (Å²) < 4.78 is 10.8. The number of rotatable bonds is 7. The molecule has 2 aliphatic carbocycles. The van der Waals surface area contributed by atoms with Gasteiger partial charge in [0, 0.05) is 29.0 Å². The first-order valence-electron chi connectivity index (χ1n) is 11.4. The van der Waals surface area contributed by atoms with Crippen molar-refractivity contribution in [3.8, 4) is 11.5 Å². The van der Waals surface area contributed by atoms with Crippen molar-refractivity contribution < 1.29 is 14.3 Å². The molecular weight excluding hydrogens is 414 g/mol. The van der Waals surface area contributed by atoms with Gasteiger partial charge in [-0.25, -0.2) is 0 Å². The second-order valence-electron chi connectivity index (χ2n) is 8.69. The lowest BCUT2D eigenvalue weighted by Crippen LogP contribution is -2.31. The van der Waals surface area contributed by atoms with Crippen molar-refractivity contribution in [1.82, 2.24) is 10.2 Å². The lowest BCUT2D eigenvalue weighted by Gasteiger charge is -2.35. The minimum absolute atomic E-state index is 0.343. The molecule has 0 saturated heterocycles. The van der Waals surface area contributed by atoms with Crippen molar-refractivity contribution in [3.63, 3.8) is 0 Å². The number of methoxy groups -OCH3 is 2. The monoisotopic (exact) mass is 443 g/mol. The molecule has 2 aromatic carbocycles. The van der Waals surface area contributed by atoms with Crippen molar-refractivity contribution in [2.45, 2.75) is 31.1 Å². The van der Waals surface area contributed by atoms with Crippen LogP contribution in [0.1, 0.15) is 47.3 Å². The van der Waals surface area contributed by atoms with Gasteiger partial charge in [-0.15, -0.1) is 0 Å². The molecule has 1 heterocycles. The van der Waals surface area contributed by atoms with E-state index in [4.69, 9.17) is 19.4 Å². The van der Waals surface area contributed by atoms with Gasteiger partial charge in [-0.1, -0.05) is 48.0 Å². The van der Waals surface area contributed by atoms with E-state index in [9.17, 15) is 0 Å². The van der Waals surface area contributed by atoms with Crippen LogP contribution in [0.2, 0.25) is 0 Å². The standard InChI is InChI=1S/C27H29N3O3/c1-31-21-11-7-19(8-12-21)27(20-9-13-22(32-2)14-10-20)16-15-23-24(17-27)28-29-26(23)25(30-33-3)18-5-4-6-18/h7-16,18H,4-6,17H2,1-3H3,(H,28,29)/b30-25+. The molecule has 170 valence electrons. The Morgan fingerprint density at radius 2 is 1.55 bits per heavy atom. The number of aromatic nitrogens is 2. The summed E-state index contributed by atoms with van der Waals surface area (Å²) in [6.07, 6.45) is 8.74. The number of H-pyrrole nitrogens is 1. The van der Waals surface area contributed by atoms with Gasteiger partial charge in [-0.05, 0) is 48.2 Å². The Morgan fingerprint density at radius 1 is 0.939 bits per heavy atom. The largest absolute Gasteiger partial charge is 0.497 e. The molecule has 2 aliphatic rings. The molecule has 0 unspecified atom stereocenters. The maximum atomic E-state index is 5.40. The first-order chi connectivity index (χ1) is 16.2. The number of nitrogens with one attached hydrogen (secondary N) is 1. The maximum absolute atomic E-state index is 5.40. The molecule has 1 fully saturated rings. The highest BCUT2D eigenvalue weighted by molar-refractivity contribution is 6.04. The zero-order chi connectivity index (χ0) is 22.8. The van der Waals surface area contributed by atoms with E-state index in [0.29, 0.717) is 5.92 Å². The quantitative estimate of drug-likeness (QED) is 0.406. The normalized spacial score (nSPS) is 17.2. The minimum atomic E-state index is -0.343. The highest BCUT2D eigenvalue weighted by Gasteiger charge is 2.38. The highest BCUT2D eigenvalue weighted by atomic mass is 16.6. The van der Waals surface area contributed by atoms with Crippen molar-refractivity contribution in [3.05, 3.63) is 82.7 Å². The highest BCUT2D eigenvalue weighted by Crippen LogP contribution is 2.43. The smallest absolute Gasteiger partial charge is 0.118 e. The Labute approximate surface area is 194 Å². The molecule has 1 aromatic heterocycles. The first-order valence-corrected chi connectivity index (χ1v) is 11.4. The van der Waals surface area contributed by atoms with Crippen LogP contribution in [0.4, 0.5) is 0 Å². The molecule has 5 rings (SSSR count). The van der Waals surface area contributed by atoms with Crippen LogP contribution in [0.15, 0.2) is 59.8 Å². The van der Waals surface area contributed by atoms with E-state index in [1.807, 2.05) is 24.3 Å². The van der Waals surface area contributed by atoms with E-state index in [2.05, 4.69) is 46.7 Å². The molecule has 1 saturated carbocycles. The lowest BCUT2D eigenvalue weighted by molar-refractivity contribution is 0.208. The third-order valence-electron chi connectivity index (χ3n) is 7.01. The van der Waals surface area contributed by atoms with E-state index in [1.165, 1.54) is 17.5 Å². The first kappa shape index (κ1) is 21.3. The minimum Gasteiger partial charge on any atom is -0.497 e. The van der Waals surface area contributed by atoms with Gasteiger partial charge in [-0.2, -0.15) is 5.10 Å². The number of nitrogens with zero attached hydrogens (tertiary/aromatic N) is 2. The summed E-state index contributed by atoms with van der Waals surface area (Å²) in [5.41, 5.74) is 6.10. The fourth-order valence-corrected chi connectivity index (χ4v) is 4.89. The van der Waals surface area contributed by atoms with Crippen molar-refractivity contribution in [2.24, 2.45) is 11.1 Å². The second kappa shape index (κ2) is 8.77. The summed E-state index contributed by atoms with van der Waals surface area (Å²) in [6, 6.07) is 16.6. The van der Waals surface area contributed by atoms with Gasteiger partial charge in [0.25, 0.3) is 0 Å². The van der Waals surface area contributed by atoms with Crippen molar-refractivity contribution >= 4 is 11.8 Å². The zero-order valence-electron chi connectivity index (χ0n) is 19.3. The summed E-state index contributed by atoms with van der Waals surface area (Å²) in [5.74, 6) is 2.10. The molecule has 0 amide bonds. The van der Waals surface area contributed by atoms with Gasteiger partial charge in [0.05, 0.1) is 14.2 Å². The van der Waals surface area contributed by atoms with Crippen LogP contribution in [0.25, 0.3) is 6.08 Å². The van der Waals surface area contributed by atoms with Crippen LogP contribution in [0.3, 0.4) is 0 Å². The van der Waals surface area contributed by atoms with E-state index < -0.39 is 0 Å². The van der Waals surface area contributed by atoms with Gasteiger partial charge in [0.2, 0.25) is 0 Å². The third kappa shape index (κ3) is 3.69. The van der Waals surface area contributed by atoms with Crippen molar-refractivity contribution in [2.75, 3.05) is 21.3 Å². The summed E-state index contributed by atoms with van der Waals surface area (Å²) >= 11 is 0. The van der Waals surface area contributed by atoms with Crippen LogP contribution < -0.4 is 9.47 Å². The Balaban J connectivity index is 1.59. The summed E-state index contributed by atoms with van der Waals surface area (Å²) in [6.45, 7) is 0. The average Bonchev–Trinajstić information content (AvgIpc) is 3.25. The number of ether oxygens (including phenoxy) is 2. The molecule has 0 radical (unpaired) electrons. The topological polar surface area (TPSA) is 68.7 Å². The third-order valence-corrected chi connectivity index (χ3v) is 7.01. The van der Waals surface area contributed by atoms with Crippen LogP contribution in [-0.4, -0.2) is 37.2 Å². The fraction of sp³-hybridized carbons (Fsp3) is 0.333. The number of allylic oxidation sites excluding steroid dienone is 1. The molecular formula is C27H29N3O3. The van der Waals surface area contributed by atoms with E-state index in [0.717, 1.165) is 53.4 Å². The molecule has 1 N–H and O–H groups in total. The predicted molar refractivity (Wildman–Crippen MR) is 129 cm³/mol. The number of aromatic amines is 1. The molecule has 6 heteroatoms. The number of hydrogen-bond acceptors (Lipinski definition) is 5. The molecule has 0 spiro atoms. The van der Waals surface area contributed by atoms with Crippen LogP contribution in [0.5, 0.6) is 11.5 Å². The molecule has 6 nitrogen and oxygen atoms in total. The number of oxime groups is 1. The van der Waals surface area contributed by atoms with Crippen LogP contribution >= 0.6 is 0 Å². The van der Waals surface area contributed by atoms with Gasteiger partial charge >= 0.3 is 0 Å². The van der Waals surface area contributed by atoms with Gasteiger partial charge < -0.3 is 14.3 Å². The molecule has 0 bridgehead atoms. The van der Waals surface area contributed by atoms with E-state index in [-0.39, 0.29) is 5.41 Å². The van der Waals surface area contributed by atoms with E-state index >= 15 is 0 Å². The number of benzene rings is 2. The summed E-state index contributed by atoms with van der Waals surface area (Å²) in [7, 11) is 4.98. The molecule has 3 aromatic rings. The summed E-state index contributed by atoms with van der Waals surface area (Å²) in [5, 5.41) is 12.4. The summed E-state index contributed by atoms with van der Waals surface area (Å²) in [4.78, 5) is 5.19. The van der Waals surface area contributed by atoms with E-state index in [1.54, 1.807) is 21.3 Å².